The van der Waals surface area contributed by atoms with Crippen LogP contribution in [0.4, 0.5) is 0 Å². The van der Waals surface area contributed by atoms with Crippen molar-refractivity contribution >= 4 is 21.8 Å². The smallest absolute Gasteiger partial charge is 0.230 e. The summed E-state index contributed by atoms with van der Waals surface area (Å²) in [7, 11) is 0. The van der Waals surface area contributed by atoms with Gasteiger partial charge in [0.25, 0.3) is 0 Å². The van der Waals surface area contributed by atoms with Gasteiger partial charge in [-0.1, -0.05) is 41.9 Å². The monoisotopic (exact) mass is 339 g/mol. The first-order chi connectivity index (χ1) is 9.46. The van der Waals surface area contributed by atoms with Crippen molar-refractivity contribution in [2.45, 2.75) is 50.5 Å². The molecule has 3 nitrogen and oxygen atoms in total. The Kier molecular flexibility index (Phi) is 4.55. The molecule has 1 aromatic rings. The van der Waals surface area contributed by atoms with E-state index in [0.29, 0.717) is 19.4 Å². The predicted molar refractivity (Wildman–Crippen MR) is 83.6 cm³/mol. The van der Waals surface area contributed by atoms with Crippen LogP contribution in [0.25, 0.3) is 0 Å². The van der Waals surface area contributed by atoms with Crippen molar-refractivity contribution in [1.82, 2.24) is 5.32 Å². The summed E-state index contributed by atoms with van der Waals surface area (Å²) in [5.41, 5.74) is -0.0936. The first-order valence-corrected chi connectivity index (χ1v) is 8.02. The third kappa shape index (κ3) is 3.07. The van der Waals surface area contributed by atoms with Crippen molar-refractivity contribution in [3.05, 3.63) is 34.3 Å². The molecule has 0 aliphatic heterocycles. The highest BCUT2D eigenvalue weighted by atomic mass is 79.9. The second kappa shape index (κ2) is 5.86. The molecule has 0 aromatic heterocycles. The first-order valence-electron chi connectivity index (χ1n) is 7.22. The van der Waals surface area contributed by atoms with Gasteiger partial charge >= 0.3 is 0 Å². The third-order valence-electron chi connectivity index (χ3n) is 4.48. The molecule has 1 amide bonds. The van der Waals surface area contributed by atoms with Gasteiger partial charge in [-0.2, -0.15) is 0 Å². The maximum absolute atomic E-state index is 12.5. The van der Waals surface area contributed by atoms with E-state index in [0.717, 1.165) is 22.9 Å². The summed E-state index contributed by atoms with van der Waals surface area (Å²) in [6.45, 7) is 4.21. The van der Waals surface area contributed by atoms with Crippen LogP contribution >= 0.6 is 15.9 Å². The molecule has 1 aliphatic rings. The standard InChI is InChI=1S/C16H22BrNO2/c1-3-15(20,4-2)11-18-14(19)16(9-10-16)12-5-7-13(17)8-6-12/h5-8,20H,3-4,9-11H2,1-2H3,(H,18,19). The fourth-order valence-corrected chi connectivity index (χ4v) is 2.72. The highest BCUT2D eigenvalue weighted by Crippen LogP contribution is 2.48. The summed E-state index contributed by atoms with van der Waals surface area (Å²) >= 11 is 3.41. The number of amides is 1. The molecule has 0 bridgehead atoms. The summed E-state index contributed by atoms with van der Waals surface area (Å²) in [5.74, 6) is 0.0418. The van der Waals surface area contributed by atoms with E-state index in [1.165, 1.54) is 0 Å². The number of rotatable bonds is 6. The second-order valence-corrected chi connectivity index (χ2v) is 6.62. The maximum Gasteiger partial charge on any atom is 0.230 e. The lowest BCUT2D eigenvalue weighted by Crippen LogP contribution is -2.45. The molecule has 1 aliphatic carbocycles. The number of carbonyl (C=O) groups is 1. The number of aliphatic hydroxyl groups is 1. The average Bonchev–Trinajstić information content (AvgIpc) is 3.27. The van der Waals surface area contributed by atoms with Crippen molar-refractivity contribution in [2.24, 2.45) is 0 Å². The van der Waals surface area contributed by atoms with Gasteiger partial charge in [0.1, 0.15) is 0 Å². The van der Waals surface area contributed by atoms with Crippen LogP contribution in [-0.4, -0.2) is 23.2 Å². The van der Waals surface area contributed by atoms with Crippen LogP contribution in [0.2, 0.25) is 0 Å². The minimum atomic E-state index is -0.786. The molecular formula is C16H22BrNO2. The molecule has 2 N–H and O–H groups in total. The Morgan fingerprint density at radius 2 is 1.85 bits per heavy atom. The van der Waals surface area contributed by atoms with Gasteiger partial charge in [0.15, 0.2) is 0 Å². The van der Waals surface area contributed by atoms with Crippen molar-refractivity contribution in [3.63, 3.8) is 0 Å². The number of halogens is 1. The summed E-state index contributed by atoms with van der Waals surface area (Å²) in [4.78, 5) is 12.5. The maximum atomic E-state index is 12.5. The lowest BCUT2D eigenvalue weighted by Gasteiger charge is -2.27. The van der Waals surface area contributed by atoms with Crippen LogP contribution in [0.15, 0.2) is 28.7 Å². The number of hydrogen-bond acceptors (Lipinski definition) is 2. The fraction of sp³-hybridized carbons (Fsp3) is 0.562. The third-order valence-corrected chi connectivity index (χ3v) is 5.00. The lowest BCUT2D eigenvalue weighted by atomic mass is 9.93. The van der Waals surface area contributed by atoms with Gasteiger partial charge < -0.3 is 10.4 Å². The number of carbonyl (C=O) groups excluding carboxylic acids is 1. The van der Waals surface area contributed by atoms with Gasteiger partial charge in [-0.05, 0) is 43.4 Å². The molecule has 20 heavy (non-hydrogen) atoms. The minimum absolute atomic E-state index is 0.0418. The summed E-state index contributed by atoms with van der Waals surface area (Å²) in [5, 5.41) is 13.2. The number of nitrogens with one attached hydrogen (secondary N) is 1. The predicted octanol–water partition coefficient (Wildman–Crippen LogP) is 3.15. The Labute approximate surface area is 128 Å². The number of hydrogen-bond donors (Lipinski definition) is 2. The largest absolute Gasteiger partial charge is 0.388 e. The van der Waals surface area contributed by atoms with Crippen molar-refractivity contribution < 1.29 is 9.90 Å². The molecule has 0 heterocycles. The lowest BCUT2D eigenvalue weighted by molar-refractivity contribution is -0.125. The quantitative estimate of drug-likeness (QED) is 0.836. The molecule has 0 radical (unpaired) electrons. The van der Waals surface area contributed by atoms with Crippen molar-refractivity contribution in [3.8, 4) is 0 Å². The molecule has 110 valence electrons. The Hall–Kier alpha value is -0.870. The van der Waals surface area contributed by atoms with E-state index in [9.17, 15) is 9.90 Å². The molecule has 0 saturated heterocycles. The summed E-state index contributed by atoms with van der Waals surface area (Å²) in [6, 6.07) is 7.94. The fourth-order valence-electron chi connectivity index (χ4n) is 2.45. The Morgan fingerprint density at radius 3 is 2.30 bits per heavy atom. The zero-order valence-electron chi connectivity index (χ0n) is 12.1. The van der Waals surface area contributed by atoms with Crippen LogP contribution in [0, 0.1) is 0 Å². The van der Waals surface area contributed by atoms with Crippen LogP contribution in [0.5, 0.6) is 0 Å². The Bertz CT molecular complexity index is 476. The van der Waals surface area contributed by atoms with E-state index < -0.39 is 5.60 Å². The van der Waals surface area contributed by atoms with E-state index in [-0.39, 0.29) is 11.3 Å². The zero-order chi connectivity index (χ0) is 14.8. The Balaban J connectivity index is 2.04. The molecule has 1 saturated carbocycles. The zero-order valence-corrected chi connectivity index (χ0v) is 13.7. The molecule has 2 rings (SSSR count). The van der Waals surface area contributed by atoms with Crippen molar-refractivity contribution in [2.75, 3.05) is 6.54 Å². The molecule has 0 unspecified atom stereocenters. The van der Waals surface area contributed by atoms with Gasteiger partial charge in [0.2, 0.25) is 5.91 Å². The summed E-state index contributed by atoms with van der Waals surface area (Å²) < 4.78 is 1.02. The highest BCUT2D eigenvalue weighted by molar-refractivity contribution is 9.10. The molecular weight excluding hydrogens is 318 g/mol. The first kappa shape index (κ1) is 15.5. The SMILES string of the molecule is CCC(O)(CC)CNC(=O)C1(c2ccc(Br)cc2)CC1. The Morgan fingerprint density at radius 1 is 1.30 bits per heavy atom. The molecule has 0 atom stereocenters. The van der Waals surface area contributed by atoms with Crippen molar-refractivity contribution in [1.29, 1.82) is 0 Å². The van der Waals surface area contributed by atoms with Gasteiger partial charge in [-0.25, -0.2) is 0 Å². The molecule has 0 spiro atoms. The van der Waals surface area contributed by atoms with E-state index >= 15 is 0 Å². The normalized spacial score (nSPS) is 16.8. The minimum Gasteiger partial charge on any atom is -0.388 e. The van der Waals surface area contributed by atoms with Gasteiger partial charge in [0, 0.05) is 11.0 Å². The second-order valence-electron chi connectivity index (χ2n) is 5.70. The highest BCUT2D eigenvalue weighted by Gasteiger charge is 2.51. The van der Waals surface area contributed by atoms with Crippen LogP contribution in [-0.2, 0) is 10.2 Å². The van der Waals surface area contributed by atoms with Crippen LogP contribution in [0.1, 0.15) is 45.1 Å². The van der Waals surface area contributed by atoms with Gasteiger partial charge in [-0.15, -0.1) is 0 Å². The van der Waals surface area contributed by atoms with Gasteiger partial charge in [-0.3, -0.25) is 4.79 Å². The van der Waals surface area contributed by atoms with E-state index in [1.807, 2.05) is 38.1 Å². The van der Waals surface area contributed by atoms with E-state index in [1.54, 1.807) is 0 Å². The topological polar surface area (TPSA) is 49.3 Å². The average molecular weight is 340 g/mol. The van der Waals surface area contributed by atoms with Crippen LogP contribution in [0.3, 0.4) is 0 Å². The summed E-state index contributed by atoms with van der Waals surface area (Å²) in [6.07, 6.45) is 3.07. The molecule has 1 aromatic carbocycles. The van der Waals surface area contributed by atoms with Crippen LogP contribution < -0.4 is 5.32 Å². The molecule has 4 heteroatoms. The van der Waals surface area contributed by atoms with E-state index in [2.05, 4.69) is 21.2 Å². The number of benzene rings is 1. The van der Waals surface area contributed by atoms with E-state index in [4.69, 9.17) is 0 Å². The molecule has 1 fully saturated rings. The van der Waals surface area contributed by atoms with Gasteiger partial charge in [0.05, 0.1) is 11.0 Å².